The molecule has 0 bridgehead atoms. The van der Waals surface area contributed by atoms with E-state index in [-0.39, 0.29) is 50.2 Å². The summed E-state index contributed by atoms with van der Waals surface area (Å²) in [7, 11) is -0.857. The molecule has 0 aliphatic rings. The van der Waals surface area contributed by atoms with Crippen molar-refractivity contribution in [3.63, 3.8) is 0 Å². The topological polar surface area (TPSA) is 164 Å². The fourth-order valence-electron chi connectivity index (χ4n) is 7.87. The lowest BCUT2D eigenvalue weighted by atomic mass is 10.0. The van der Waals surface area contributed by atoms with Gasteiger partial charge in [0, 0.05) is 32.2 Å². The Labute approximate surface area is 409 Å². The van der Waals surface area contributed by atoms with Crippen molar-refractivity contribution in [2.45, 2.75) is 277 Å². The third-order valence-electron chi connectivity index (χ3n) is 12.1. The van der Waals surface area contributed by atoms with Crippen LogP contribution in [0.15, 0.2) is 0 Å². The Balaban J connectivity index is 4.81. The third kappa shape index (κ3) is 44.9. The maximum absolute atomic E-state index is 12.9. The number of hydrogen-bond donors (Lipinski definition) is 1. The first-order valence-corrected chi connectivity index (χ1v) is 28.9. The highest BCUT2D eigenvalue weighted by Crippen LogP contribution is 2.43. The van der Waals surface area contributed by atoms with Crippen LogP contribution in [0.5, 0.6) is 0 Å². The van der Waals surface area contributed by atoms with Gasteiger partial charge in [-0.25, -0.2) is 4.57 Å². The number of carbonyl (C=O) groups is 4. The number of hydrogen-bond acceptors (Lipinski definition) is 12. The quantitative estimate of drug-likeness (QED) is 0.0265. The van der Waals surface area contributed by atoms with E-state index in [1.54, 1.807) is 19.0 Å². The largest absolute Gasteiger partial charge is 0.472 e. The van der Waals surface area contributed by atoms with Crippen molar-refractivity contribution >= 4 is 31.7 Å². The molecule has 0 rings (SSSR count). The summed E-state index contributed by atoms with van der Waals surface area (Å²) in [6.45, 7) is 8.35. The standard InChI is InChI=1S/C53H102NO12P/c1-7-11-15-19-21-29-37-47(35-27-17-13-9-3)64-51(56)40-32-24-23-31-39-50(55)61-45-49(46-63-67(59,60)62-44-43-54(5)6)66-53(58)42-34-26-25-33-41-52(57)65-48(36-28-18-14-10-4)38-30-22-20-16-12-8-2/h47-49H,7-46H2,1-6H3,(H,59,60). The fourth-order valence-corrected chi connectivity index (χ4v) is 8.61. The van der Waals surface area contributed by atoms with Gasteiger partial charge in [0.25, 0.3) is 0 Å². The molecule has 396 valence electrons. The predicted molar refractivity (Wildman–Crippen MR) is 270 cm³/mol. The normalized spacial score (nSPS) is 13.8. The number of nitrogens with zero attached hydrogens (tertiary/aromatic N) is 1. The molecule has 0 aliphatic heterocycles. The Morgan fingerprint density at radius 2 is 0.731 bits per heavy atom. The lowest BCUT2D eigenvalue weighted by molar-refractivity contribution is -0.161. The Morgan fingerprint density at radius 3 is 1.10 bits per heavy atom. The zero-order valence-corrected chi connectivity index (χ0v) is 44.7. The number of unbranched alkanes of at least 4 members (excludes halogenated alkanes) is 22. The number of carbonyl (C=O) groups excluding carboxylic acids is 4. The molecule has 0 aromatic heterocycles. The molecule has 13 nitrogen and oxygen atoms in total. The van der Waals surface area contributed by atoms with Gasteiger partial charge in [-0.1, -0.05) is 156 Å². The molecule has 0 spiro atoms. The second-order valence-corrected chi connectivity index (χ2v) is 20.5. The molecule has 4 unspecified atom stereocenters. The first-order chi connectivity index (χ1) is 32.3. The predicted octanol–water partition coefficient (Wildman–Crippen LogP) is 14.1. The van der Waals surface area contributed by atoms with E-state index in [4.69, 9.17) is 28.0 Å². The molecule has 0 saturated heterocycles. The summed E-state index contributed by atoms with van der Waals surface area (Å²) in [5.41, 5.74) is 0. The van der Waals surface area contributed by atoms with E-state index in [9.17, 15) is 28.6 Å². The molecule has 0 heterocycles. The van der Waals surface area contributed by atoms with Gasteiger partial charge in [-0.3, -0.25) is 28.2 Å². The van der Waals surface area contributed by atoms with Crippen LogP contribution in [0.1, 0.15) is 259 Å². The highest BCUT2D eigenvalue weighted by molar-refractivity contribution is 7.47. The summed E-state index contributed by atoms with van der Waals surface area (Å²) in [6, 6.07) is 0. The Kier molecular flexibility index (Phi) is 44.9. The minimum absolute atomic E-state index is 0.00474. The number of esters is 4. The third-order valence-corrected chi connectivity index (χ3v) is 13.1. The molecule has 0 aliphatic carbocycles. The van der Waals surface area contributed by atoms with E-state index in [1.807, 2.05) is 0 Å². The summed E-state index contributed by atoms with van der Waals surface area (Å²) in [5.74, 6) is -1.33. The molecule has 0 radical (unpaired) electrons. The molecule has 67 heavy (non-hydrogen) atoms. The van der Waals surface area contributed by atoms with E-state index in [0.717, 1.165) is 77.0 Å². The minimum Gasteiger partial charge on any atom is -0.462 e. The number of ether oxygens (including phenoxy) is 4. The summed E-state index contributed by atoms with van der Waals surface area (Å²) in [6.07, 6.45) is 32.8. The number of likely N-dealkylation sites (N-methyl/N-ethyl adjacent to an activating group) is 1. The fraction of sp³-hybridized carbons (Fsp3) is 0.925. The first-order valence-electron chi connectivity index (χ1n) is 27.4. The summed E-state index contributed by atoms with van der Waals surface area (Å²) < 4.78 is 45.5. The van der Waals surface area contributed by atoms with Gasteiger partial charge in [0.05, 0.1) is 13.2 Å². The van der Waals surface area contributed by atoms with Crippen LogP contribution in [-0.4, -0.2) is 92.4 Å². The lowest BCUT2D eigenvalue weighted by Crippen LogP contribution is -2.29. The van der Waals surface area contributed by atoms with Gasteiger partial charge in [-0.15, -0.1) is 0 Å². The van der Waals surface area contributed by atoms with E-state index >= 15 is 0 Å². The zero-order valence-electron chi connectivity index (χ0n) is 43.8. The second kappa shape index (κ2) is 46.3. The average molecular weight is 976 g/mol. The highest BCUT2D eigenvalue weighted by atomic mass is 31.2. The van der Waals surface area contributed by atoms with Crippen LogP contribution < -0.4 is 0 Å². The van der Waals surface area contributed by atoms with Crippen LogP contribution in [0.4, 0.5) is 0 Å². The van der Waals surface area contributed by atoms with Crippen molar-refractivity contribution in [2.75, 3.05) is 40.5 Å². The van der Waals surface area contributed by atoms with Crippen molar-refractivity contribution in [3.8, 4) is 0 Å². The van der Waals surface area contributed by atoms with E-state index in [0.29, 0.717) is 51.5 Å². The maximum Gasteiger partial charge on any atom is 0.472 e. The molecule has 0 aromatic carbocycles. The summed E-state index contributed by atoms with van der Waals surface area (Å²) in [4.78, 5) is 63.0. The Bertz CT molecular complexity index is 1240. The van der Waals surface area contributed by atoms with Gasteiger partial charge in [0.2, 0.25) is 0 Å². The van der Waals surface area contributed by atoms with Crippen LogP contribution >= 0.6 is 7.82 Å². The molecule has 0 aromatic rings. The van der Waals surface area contributed by atoms with Gasteiger partial charge < -0.3 is 28.7 Å². The van der Waals surface area contributed by atoms with Crippen molar-refractivity contribution < 1.29 is 56.6 Å². The Hall–Kier alpha value is -2.05. The number of phosphoric acid groups is 1. The Morgan fingerprint density at radius 1 is 0.418 bits per heavy atom. The van der Waals surface area contributed by atoms with Gasteiger partial charge in [-0.05, 0) is 91.1 Å². The molecule has 1 N–H and O–H groups in total. The summed E-state index contributed by atoms with van der Waals surface area (Å²) in [5, 5.41) is 0. The summed E-state index contributed by atoms with van der Waals surface area (Å²) >= 11 is 0. The van der Waals surface area contributed by atoms with Crippen molar-refractivity contribution in [1.29, 1.82) is 0 Å². The molecular weight excluding hydrogens is 874 g/mol. The lowest BCUT2D eigenvalue weighted by Gasteiger charge is -2.20. The monoisotopic (exact) mass is 976 g/mol. The smallest absolute Gasteiger partial charge is 0.462 e. The minimum atomic E-state index is -4.46. The maximum atomic E-state index is 12.9. The molecule has 14 heteroatoms. The van der Waals surface area contributed by atoms with Gasteiger partial charge in [0.15, 0.2) is 6.10 Å². The van der Waals surface area contributed by atoms with Gasteiger partial charge >= 0.3 is 31.7 Å². The SMILES string of the molecule is CCCCCCCCC(CCCCCC)OC(=O)CCCCCCC(=O)OCC(COP(=O)(O)OCCN(C)C)OC(=O)CCCCCCC(=O)OC(CCCCCC)CCCCCCCC. The average Bonchev–Trinajstić information content (AvgIpc) is 3.29. The zero-order chi connectivity index (χ0) is 49.6. The number of phosphoric ester groups is 1. The number of rotatable bonds is 50. The van der Waals surface area contributed by atoms with Crippen LogP contribution in [0.25, 0.3) is 0 Å². The van der Waals surface area contributed by atoms with Crippen molar-refractivity contribution in [2.24, 2.45) is 0 Å². The van der Waals surface area contributed by atoms with Gasteiger partial charge in [-0.2, -0.15) is 0 Å². The molecular formula is C53H102NO12P. The van der Waals surface area contributed by atoms with Gasteiger partial charge in [0.1, 0.15) is 18.8 Å². The first kappa shape index (κ1) is 65.0. The van der Waals surface area contributed by atoms with Crippen LogP contribution in [0.3, 0.4) is 0 Å². The van der Waals surface area contributed by atoms with E-state index < -0.39 is 32.5 Å². The van der Waals surface area contributed by atoms with E-state index in [2.05, 4.69) is 27.7 Å². The van der Waals surface area contributed by atoms with Crippen LogP contribution in [0, 0.1) is 0 Å². The highest BCUT2D eigenvalue weighted by Gasteiger charge is 2.26. The van der Waals surface area contributed by atoms with E-state index in [1.165, 1.54) is 96.3 Å². The molecule has 0 amide bonds. The van der Waals surface area contributed by atoms with Crippen LogP contribution in [-0.2, 0) is 51.7 Å². The molecule has 4 atom stereocenters. The second-order valence-electron chi connectivity index (χ2n) is 19.1. The molecule has 0 fully saturated rings. The van der Waals surface area contributed by atoms with Crippen molar-refractivity contribution in [3.05, 3.63) is 0 Å². The molecule has 0 saturated carbocycles. The van der Waals surface area contributed by atoms with Crippen molar-refractivity contribution in [1.82, 2.24) is 4.90 Å². The van der Waals surface area contributed by atoms with Crippen LogP contribution in [0.2, 0.25) is 0 Å².